The maximum absolute atomic E-state index is 4.91. The van der Waals surface area contributed by atoms with Gasteiger partial charge in [-0.2, -0.15) is 0 Å². The first kappa shape index (κ1) is 15.3. The molecular formula is C15H26N2S2. The number of thioether (sulfide) groups is 1. The second-order valence-electron chi connectivity index (χ2n) is 6.27. The van der Waals surface area contributed by atoms with Crippen LogP contribution in [0, 0.1) is 0 Å². The summed E-state index contributed by atoms with van der Waals surface area (Å²) >= 11 is 3.92. The maximum Gasteiger partial charge on any atom is 0.103 e. The summed E-state index contributed by atoms with van der Waals surface area (Å²) in [7, 11) is 0. The highest BCUT2D eigenvalue weighted by atomic mass is 32.2. The molecule has 2 rings (SSSR count). The SMILES string of the molecule is CCCNCc1sc(CSC(C)(C)C)nc1C1CC1. The number of rotatable bonds is 7. The smallest absolute Gasteiger partial charge is 0.103 e. The molecule has 1 aliphatic carbocycles. The van der Waals surface area contributed by atoms with Crippen LogP contribution in [0.4, 0.5) is 0 Å². The molecule has 0 amide bonds. The number of hydrogen-bond acceptors (Lipinski definition) is 4. The molecule has 1 saturated carbocycles. The Morgan fingerprint density at radius 3 is 2.68 bits per heavy atom. The summed E-state index contributed by atoms with van der Waals surface area (Å²) in [5.74, 6) is 1.82. The van der Waals surface area contributed by atoms with E-state index in [0.29, 0.717) is 4.75 Å². The summed E-state index contributed by atoms with van der Waals surface area (Å²) in [4.78, 5) is 6.40. The lowest BCUT2D eigenvalue weighted by atomic mass is 10.2. The third-order valence-corrected chi connectivity index (χ3v) is 5.61. The van der Waals surface area contributed by atoms with E-state index < -0.39 is 0 Å². The highest BCUT2D eigenvalue weighted by Crippen LogP contribution is 2.43. The van der Waals surface area contributed by atoms with E-state index in [9.17, 15) is 0 Å². The molecule has 2 nitrogen and oxygen atoms in total. The molecule has 1 aromatic rings. The van der Waals surface area contributed by atoms with Crippen LogP contribution in [0.2, 0.25) is 0 Å². The number of nitrogens with zero attached hydrogens (tertiary/aromatic N) is 1. The second kappa shape index (κ2) is 6.59. The van der Waals surface area contributed by atoms with Gasteiger partial charge in [-0.3, -0.25) is 0 Å². The van der Waals surface area contributed by atoms with Gasteiger partial charge in [-0.15, -0.1) is 23.1 Å². The molecular weight excluding hydrogens is 272 g/mol. The van der Waals surface area contributed by atoms with E-state index in [1.54, 1.807) is 0 Å². The summed E-state index contributed by atoms with van der Waals surface area (Å²) in [6.07, 6.45) is 3.89. The van der Waals surface area contributed by atoms with Gasteiger partial charge >= 0.3 is 0 Å². The first-order valence-corrected chi connectivity index (χ1v) is 9.13. The van der Waals surface area contributed by atoms with Crippen molar-refractivity contribution in [2.75, 3.05) is 6.54 Å². The van der Waals surface area contributed by atoms with Crippen molar-refractivity contribution in [2.45, 2.75) is 69.9 Å². The van der Waals surface area contributed by atoms with Gasteiger partial charge in [0, 0.05) is 27.8 Å². The van der Waals surface area contributed by atoms with Crippen LogP contribution in [0.25, 0.3) is 0 Å². The van der Waals surface area contributed by atoms with Gasteiger partial charge < -0.3 is 5.32 Å². The molecule has 0 spiro atoms. The van der Waals surface area contributed by atoms with Gasteiger partial charge in [0.1, 0.15) is 5.01 Å². The molecule has 1 fully saturated rings. The Morgan fingerprint density at radius 2 is 2.11 bits per heavy atom. The van der Waals surface area contributed by atoms with Gasteiger partial charge in [0.25, 0.3) is 0 Å². The third kappa shape index (κ3) is 5.09. The first-order valence-electron chi connectivity index (χ1n) is 7.32. The van der Waals surface area contributed by atoms with E-state index in [2.05, 4.69) is 33.0 Å². The van der Waals surface area contributed by atoms with Gasteiger partial charge in [0.05, 0.1) is 5.69 Å². The molecule has 0 bridgehead atoms. The van der Waals surface area contributed by atoms with E-state index in [4.69, 9.17) is 4.98 Å². The predicted molar refractivity (Wildman–Crippen MR) is 87.1 cm³/mol. The van der Waals surface area contributed by atoms with Crippen molar-refractivity contribution >= 4 is 23.1 Å². The van der Waals surface area contributed by atoms with Crippen molar-refractivity contribution in [1.82, 2.24) is 10.3 Å². The molecule has 108 valence electrons. The molecule has 0 aromatic carbocycles. The van der Waals surface area contributed by atoms with E-state index in [1.165, 1.54) is 34.8 Å². The fourth-order valence-electron chi connectivity index (χ4n) is 1.94. The van der Waals surface area contributed by atoms with E-state index in [1.807, 2.05) is 23.1 Å². The number of nitrogens with one attached hydrogen (secondary N) is 1. The highest BCUT2D eigenvalue weighted by molar-refractivity contribution is 7.99. The Labute approximate surface area is 125 Å². The maximum atomic E-state index is 4.91. The first-order chi connectivity index (χ1) is 8.99. The summed E-state index contributed by atoms with van der Waals surface area (Å²) in [6.45, 7) is 11.2. The molecule has 0 unspecified atom stereocenters. The lowest BCUT2D eigenvalue weighted by Gasteiger charge is -2.16. The summed E-state index contributed by atoms with van der Waals surface area (Å²) in [6, 6.07) is 0. The number of thiazole rings is 1. The Balaban J connectivity index is 1.98. The molecule has 1 N–H and O–H groups in total. The molecule has 1 aromatic heterocycles. The van der Waals surface area contributed by atoms with E-state index >= 15 is 0 Å². The topological polar surface area (TPSA) is 24.9 Å². The van der Waals surface area contributed by atoms with Crippen molar-refractivity contribution in [2.24, 2.45) is 0 Å². The van der Waals surface area contributed by atoms with Gasteiger partial charge in [-0.1, -0.05) is 27.7 Å². The lowest BCUT2D eigenvalue weighted by molar-refractivity contribution is 0.676. The van der Waals surface area contributed by atoms with Crippen LogP contribution in [0.3, 0.4) is 0 Å². The molecule has 4 heteroatoms. The Morgan fingerprint density at radius 1 is 1.37 bits per heavy atom. The average molecular weight is 299 g/mol. The molecule has 0 saturated heterocycles. The second-order valence-corrected chi connectivity index (χ2v) is 9.24. The summed E-state index contributed by atoms with van der Waals surface area (Å²) in [5.41, 5.74) is 1.40. The number of hydrogen-bond donors (Lipinski definition) is 1. The van der Waals surface area contributed by atoms with Crippen molar-refractivity contribution in [3.63, 3.8) is 0 Å². The zero-order valence-corrected chi connectivity index (χ0v) is 14.2. The van der Waals surface area contributed by atoms with Crippen LogP contribution in [0.15, 0.2) is 0 Å². The fraction of sp³-hybridized carbons (Fsp3) is 0.800. The van der Waals surface area contributed by atoms with Crippen molar-refractivity contribution in [3.8, 4) is 0 Å². The molecule has 0 radical (unpaired) electrons. The minimum absolute atomic E-state index is 0.325. The van der Waals surface area contributed by atoms with Gasteiger partial charge in [0.15, 0.2) is 0 Å². The van der Waals surface area contributed by atoms with E-state index in [0.717, 1.165) is 24.8 Å². The molecule has 1 heterocycles. The van der Waals surface area contributed by atoms with Crippen LogP contribution in [0.5, 0.6) is 0 Å². The minimum Gasteiger partial charge on any atom is -0.312 e. The normalized spacial score (nSPS) is 16.0. The van der Waals surface area contributed by atoms with Crippen LogP contribution in [0.1, 0.15) is 68.5 Å². The lowest BCUT2D eigenvalue weighted by Crippen LogP contribution is -2.13. The van der Waals surface area contributed by atoms with Crippen LogP contribution in [-0.2, 0) is 12.3 Å². The van der Waals surface area contributed by atoms with Crippen LogP contribution in [-0.4, -0.2) is 16.3 Å². The van der Waals surface area contributed by atoms with Crippen molar-refractivity contribution in [3.05, 3.63) is 15.6 Å². The molecule has 19 heavy (non-hydrogen) atoms. The highest BCUT2D eigenvalue weighted by Gasteiger charge is 2.29. The third-order valence-electron chi connectivity index (χ3n) is 3.08. The monoisotopic (exact) mass is 298 g/mol. The van der Waals surface area contributed by atoms with Gasteiger partial charge in [-0.25, -0.2) is 4.98 Å². The Kier molecular flexibility index (Phi) is 5.32. The predicted octanol–water partition coefficient (Wildman–Crippen LogP) is 4.55. The molecule has 1 aliphatic rings. The van der Waals surface area contributed by atoms with Gasteiger partial charge in [0.2, 0.25) is 0 Å². The summed E-state index contributed by atoms with van der Waals surface area (Å²) < 4.78 is 0.325. The van der Waals surface area contributed by atoms with Crippen LogP contribution >= 0.6 is 23.1 Å². The van der Waals surface area contributed by atoms with Crippen molar-refractivity contribution in [1.29, 1.82) is 0 Å². The zero-order valence-electron chi connectivity index (χ0n) is 12.6. The van der Waals surface area contributed by atoms with Crippen LogP contribution < -0.4 is 5.32 Å². The summed E-state index contributed by atoms with van der Waals surface area (Å²) in [5, 5.41) is 4.84. The van der Waals surface area contributed by atoms with Gasteiger partial charge in [-0.05, 0) is 25.8 Å². The standard InChI is InChI=1S/C15H26N2S2/c1-5-8-16-9-12-14(11-6-7-11)17-13(19-12)10-18-15(2,3)4/h11,16H,5-10H2,1-4H3. The quantitative estimate of drug-likeness (QED) is 0.747. The van der Waals surface area contributed by atoms with Crippen molar-refractivity contribution < 1.29 is 0 Å². The number of aromatic nitrogens is 1. The zero-order chi connectivity index (χ0) is 13.9. The largest absolute Gasteiger partial charge is 0.312 e. The molecule has 0 atom stereocenters. The average Bonchev–Trinajstić information content (AvgIpc) is 3.09. The minimum atomic E-state index is 0.325. The Bertz CT molecular complexity index is 403. The fourth-order valence-corrected chi connectivity index (χ4v) is 3.89. The van der Waals surface area contributed by atoms with E-state index in [-0.39, 0.29) is 0 Å². The Hall–Kier alpha value is -0.0600. The molecule has 0 aliphatic heterocycles.